The summed E-state index contributed by atoms with van der Waals surface area (Å²) in [6.07, 6.45) is -3.09. The highest BCUT2D eigenvalue weighted by Gasteiger charge is 2.43. The van der Waals surface area contributed by atoms with Gasteiger partial charge in [0.05, 0.1) is 34.5 Å². The van der Waals surface area contributed by atoms with E-state index >= 15 is 0 Å². The van der Waals surface area contributed by atoms with Crippen LogP contribution in [-0.4, -0.2) is 85.7 Å². The van der Waals surface area contributed by atoms with Crippen LogP contribution in [0.1, 0.15) is 5.56 Å². The lowest BCUT2D eigenvalue weighted by Crippen LogP contribution is -2.59. The van der Waals surface area contributed by atoms with Gasteiger partial charge in [0, 0.05) is 0 Å². The first-order valence-electron chi connectivity index (χ1n) is 8.35. The SMILES string of the molecule is COc1cc(C=CCO[C@@H]2O[C@H](CO)[C@@H](O)[C@H](O)[C@H]2O)cc(OC)c1OC. The van der Waals surface area contributed by atoms with Gasteiger partial charge in [-0.1, -0.05) is 12.2 Å². The zero-order valence-electron chi connectivity index (χ0n) is 15.4. The van der Waals surface area contributed by atoms with Gasteiger partial charge in [-0.2, -0.15) is 0 Å². The Morgan fingerprint density at radius 3 is 2.11 bits per heavy atom. The molecule has 0 unspecified atom stereocenters. The van der Waals surface area contributed by atoms with Crippen LogP contribution in [0, 0.1) is 0 Å². The van der Waals surface area contributed by atoms with Crippen molar-refractivity contribution in [2.45, 2.75) is 30.7 Å². The molecule has 152 valence electrons. The summed E-state index contributed by atoms with van der Waals surface area (Å²) in [6, 6.07) is 3.51. The monoisotopic (exact) mass is 386 g/mol. The minimum absolute atomic E-state index is 0.0549. The molecule has 0 radical (unpaired) electrons. The van der Waals surface area contributed by atoms with Crippen molar-refractivity contribution in [3.8, 4) is 17.2 Å². The van der Waals surface area contributed by atoms with Crippen molar-refractivity contribution in [1.29, 1.82) is 0 Å². The Morgan fingerprint density at radius 2 is 1.59 bits per heavy atom. The largest absolute Gasteiger partial charge is 0.493 e. The normalized spacial score (nSPS) is 28.3. The first-order chi connectivity index (χ1) is 13.0. The molecule has 4 N–H and O–H groups in total. The van der Waals surface area contributed by atoms with Crippen LogP contribution in [0.15, 0.2) is 18.2 Å². The lowest BCUT2D eigenvalue weighted by molar-refractivity contribution is -0.298. The molecule has 1 aliphatic heterocycles. The molecule has 1 saturated heterocycles. The first-order valence-corrected chi connectivity index (χ1v) is 8.35. The maximum absolute atomic E-state index is 9.92. The molecule has 0 aliphatic carbocycles. The summed E-state index contributed by atoms with van der Waals surface area (Å²) in [6.45, 7) is -0.453. The third kappa shape index (κ3) is 4.89. The lowest BCUT2D eigenvalue weighted by atomic mass is 9.99. The molecule has 1 aromatic carbocycles. The summed E-state index contributed by atoms with van der Waals surface area (Å²) in [5.74, 6) is 1.49. The number of hydrogen-bond acceptors (Lipinski definition) is 9. The van der Waals surface area contributed by atoms with E-state index < -0.39 is 37.3 Å². The van der Waals surface area contributed by atoms with Gasteiger partial charge in [-0.3, -0.25) is 0 Å². The third-order valence-corrected chi connectivity index (χ3v) is 4.20. The van der Waals surface area contributed by atoms with E-state index in [9.17, 15) is 15.3 Å². The van der Waals surface area contributed by atoms with E-state index in [-0.39, 0.29) is 6.61 Å². The molecule has 1 fully saturated rings. The van der Waals surface area contributed by atoms with E-state index in [1.54, 1.807) is 24.3 Å². The number of aliphatic hydroxyl groups excluding tert-OH is 4. The average Bonchev–Trinajstić information content (AvgIpc) is 2.69. The molecule has 1 heterocycles. The Bertz CT molecular complexity index is 606. The Balaban J connectivity index is 2.01. The molecule has 0 aromatic heterocycles. The Hall–Kier alpha value is -1.88. The zero-order valence-corrected chi connectivity index (χ0v) is 15.4. The molecule has 9 nitrogen and oxygen atoms in total. The van der Waals surface area contributed by atoms with Crippen molar-refractivity contribution in [2.24, 2.45) is 0 Å². The zero-order chi connectivity index (χ0) is 20.0. The van der Waals surface area contributed by atoms with Gasteiger partial charge in [-0.05, 0) is 17.7 Å². The summed E-state index contributed by atoms with van der Waals surface area (Å²) < 4.78 is 26.5. The van der Waals surface area contributed by atoms with Crippen molar-refractivity contribution in [3.05, 3.63) is 23.8 Å². The summed E-state index contributed by atoms with van der Waals surface area (Å²) in [5, 5.41) is 38.6. The second kappa shape index (κ2) is 9.88. The van der Waals surface area contributed by atoms with Gasteiger partial charge in [0.25, 0.3) is 0 Å². The Kier molecular flexibility index (Phi) is 7.84. The molecule has 1 aliphatic rings. The minimum atomic E-state index is -1.47. The second-order valence-corrected chi connectivity index (χ2v) is 5.89. The van der Waals surface area contributed by atoms with Gasteiger partial charge in [-0.25, -0.2) is 0 Å². The van der Waals surface area contributed by atoms with Crippen molar-refractivity contribution in [3.63, 3.8) is 0 Å². The molecule has 0 saturated carbocycles. The van der Waals surface area contributed by atoms with Crippen LogP contribution in [0.5, 0.6) is 17.2 Å². The summed E-state index contributed by atoms with van der Waals surface area (Å²) in [5.41, 5.74) is 0.766. The van der Waals surface area contributed by atoms with Gasteiger partial charge in [0.2, 0.25) is 5.75 Å². The smallest absolute Gasteiger partial charge is 0.203 e. The number of ether oxygens (including phenoxy) is 5. The molecule has 9 heteroatoms. The number of hydrogen-bond donors (Lipinski definition) is 4. The molecular formula is C18H26O9. The molecule has 0 bridgehead atoms. The lowest BCUT2D eigenvalue weighted by Gasteiger charge is -2.39. The van der Waals surface area contributed by atoms with E-state index in [0.29, 0.717) is 17.2 Å². The number of aliphatic hydroxyl groups is 4. The fourth-order valence-corrected chi connectivity index (χ4v) is 2.74. The van der Waals surface area contributed by atoms with Gasteiger partial charge in [-0.15, -0.1) is 0 Å². The highest BCUT2D eigenvalue weighted by Crippen LogP contribution is 2.38. The first kappa shape index (κ1) is 21.4. The molecular weight excluding hydrogens is 360 g/mol. The molecule has 5 atom stereocenters. The van der Waals surface area contributed by atoms with Crippen LogP contribution in [-0.2, 0) is 9.47 Å². The topological polar surface area (TPSA) is 127 Å². The quantitative estimate of drug-likeness (QED) is 0.469. The highest BCUT2D eigenvalue weighted by molar-refractivity contribution is 5.62. The van der Waals surface area contributed by atoms with Gasteiger partial charge < -0.3 is 44.1 Å². The van der Waals surface area contributed by atoms with Gasteiger partial charge in [0.1, 0.15) is 24.4 Å². The van der Waals surface area contributed by atoms with Crippen molar-refractivity contribution >= 4 is 6.08 Å². The predicted molar refractivity (Wildman–Crippen MR) is 94.9 cm³/mol. The van der Waals surface area contributed by atoms with E-state index in [1.165, 1.54) is 21.3 Å². The molecule has 1 aromatic rings. The van der Waals surface area contributed by atoms with E-state index in [0.717, 1.165) is 5.56 Å². The van der Waals surface area contributed by atoms with Crippen LogP contribution in [0.4, 0.5) is 0 Å². The number of rotatable bonds is 8. The molecule has 0 spiro atoms. The molecule has 27 heavy (non-hydrogen) atoms. The maximum atomic E-state index is 9.92. The van der Waals surface area contributed by atoms with Crippen LogP contribution >= 0.6 is 0 Å². The second-order valence-electron chi connectivity index (χ2n) is 5.89. The van der Waals surface area contributed by atoms with E-state index in [2.05, 4.69) is 0 Å². The van der Waals surface area contributed by atoms with E-state index in [1.807, 2.05) is 0 Å². The van der Waals surface area contributed by atoms with Crippen LogP contribution in [0.25, 0.3) is 6.08 Å². The van der Waals surface area contributed by atoms with Crippen LogP contribution in [0.2, 0.25) is 0 Å². The Morgan fingerprint density at radius 1 is 0.963 bits per heavy atom. The number of benzene rings is 1. The third-order valence-electron chi connectivity index (χ3n) is 4.20. The van der Waals surface area contributed by atoms with Gasteiger partial charge >= 0.3 is 0 Å². The standard InChI is InChI=1S/C18H26O9/c1-23-11-7-10(8-12(24-2)17(11)25-3)5-4-6-26-18-16(22)15(21)14(20)13(9-19)27-18/h4-5,7-8,13-16,18-22H,6,9H2,1-3H3/t13-,14-,15+,16-,18-/m1/s1. The predicted octanol–water partition coefficient (Wildman–Crippen LogP) is -0.458. The average molecular weight is 386 g/mol. The fourth-order valence-electron chi connectivity index (χ4n) is 2.74. The Labute approximate surface area is 157 Å². The van der Waals surface area contributed by atoms with Crippen LogP contribution in [0.3, 0.4) is 0 Å². The minimum Gasteiger partial charge on any atom is -0.493 e. The van der Waals surface area contributed by atoms with Crippen molar-refractivity contribution in [2.75, 3.05) is 34.5 Å². The fraction of sp³-hybridized carbons (Fsp3) is 0.556. The maximum Gasteiger partial charge on any atom is 0.203 e. The summed E-state index contributed by atoms with van der Waals surface area (Å²) >= 11 is 0. The summed E-state index contributed by atoms with van der Waals surface area (Å²) in [4.78, 5) is 0. The van der Waals surface area contributed by atoms with Crippen LogP contribution < -0.4 is 14.2 Å². The van der Waals surface area contributed by atoms with Crippen molar-refractivity contribution in [1.82, 2.24) is 0 Å². The molecule has 0 amide bonds. The number of methoxy groups -OCH3 is 3. The molecule has 2 rings (SSSR count). The van der Waals surface area contributed by atoms with Gasteiger partial charge in [0.15, 0.2) is 17.8 Å². The van der Waals surface area contributed by atoms with Crippen molar-refractivity contribution < 1.29 is 44.1 Å². The van der Waals surface area contributed by atoms with E-state index in [4.69, 9.17) is 28.8 Å². The summed E-state index contributed by atoms with van der Waals surface area (Å²) in [7, 11) is 4.56. The highest BCUT2D eigenvalue weighted by atomic mass is 16.7.